The maximum absolute atomic E-state index is 12.7. The van der Waals surface area contributed by atoms with Crippen molar-refractivity contribution in [1.29, 1.82) is 0 Å². The van der Waals surface area contributed by atoms with Gasteiger partial charge in [-0.25, -0.2) is 0 Å². The van der Waals surface area contributed by atoms with Crippen molar-refractivity contribution in [3.05, 3.63) is 32.8 Å². The molecule has 1 aromatic carbocycles. The monoisotopic (exact) mass is 511 g/mol. The molecule has 1 aliphatic heterocycles. The van der Waals surface area contributed by atoms with E-state index >= 15 is 0 Å². The van der Waals surface area contributed by atoms with Crippen LogP contribution in [0.1, 0.15) is 50.5 Å². The van der Waals surface area contributed by atoms with Crippen molar-refractivity contribution in [1.82, 2.24) is 15.1 Å². The third-order valence-corrected chi connectivity index (χ3v) is 9.38. The molecule has 5 nitrogen and oxygen atoms in total. The van der Waals surface area contributed by atoms with E-state index in [1.165, 1.54) is 38.5 Å². The van der Waals surface area contributed by atoms with E-state index in [0.29, 0.717) is 41.1 Å². The highest BCUT2D eigenvalue weighted by Crippen LogP contribution is 2.61. The molecule has 180 valence electrons. The summed E-state index contributed by atoms with van der Waals surface area (Å²) in [6, 6.07) is 3.48. The first-order chi connectivity index (χ1) is 15.8. The Morgan fingerprint density at radius 3 is 2.15 bits per heavy atom. The quantitative estimate of drug-likeness (QED) is 0.545. The van der Waals surface area contributed by atoms with E-state index in [4.69, 9.17) is 34.8 Å². The van der Waals surface area contributed by atoms with E-state index in [2.05, 4.69) is 10.2 Å². The van der Waals surface area contributed by atoms with Gasteiger partial charge in [0.05, 0.1) is 16.6 Å². The zero-order chi connectivity index (χ0) is 23.2. The Balaban J connectivity index is 1.06. The molecule has 0 spiro atoms. The van der Waals surface area contributed by atoms with Crippen LogP contribution in [0.5, 0.6) is 0 Å². The van der Waals surface area contributed by atoms with Crippen molar-refractivity contribution in [2.75, 3.05) is 32.7 Å². The lowest BCUT2D eigenvalue weighted by molar-refractivity contribution is -0.136. The van der Waals surface area contributed by atoms with Gasteiger partial charge in [0.25, 0.3) is 0 Å². The van der Waals surface area contributed by atoms with E-state index < -0.39 is 0 Å². The highest BCUT2D eigenvalue weighted by atomic mass is 35.5. The first-order valence-electron chi connectivity index (χ1n) is 12.2. The highest BCUT2D eigenvalue weighted by Gasteiger charge is 2.51. The summed E-state index contributed by atoms with van der Waals surface area (Å²) in [5.41, 5.74) is 1.10. The number of benzene rings is 1. The van der Waals surface area contributed by atoms with Gasteiger partial charge in [0.2, 0.25) is 11.8 Å². The standard InChI is InChI=1S/C25H32Cl3N3O2/c26-20-8-19(24(28)21(27)9-20)15-30-1-3-31(4-2-30)23(33)14-29-22(32)13-25-10-16-5-17(11-25)7-18(6-16)12-25/h8-9,16-18H,1-7,10-15H2,(H,29,32). The summed E-state index contributed by atoms with van der Waals surface area (Å²) in [7, 11) is 0. The number of hydrogen-bond donors (Lipinski definition) is 1. The molecule has 0 radical (unpaired) electrons. The largest absolute Gasteiger partial charge is 0.347 e. The number of carbonyl (C=O) groups is 2. The van der Waals surface area contributed by atoms with Gasteiger partial charge in [-0.2, -0.15) is 0 Å². The molecule has 1 heterocycles. The van der Waals surface area contributed by atoms with Gasteiger partial charge < -0.3 is 10.2 Å². The highest BCUT2D eigenvalue weighted by molar-refractivity contribution is 6.43. The number of amides is 2. The Morgan fingerprint density at radius 2 is 1.55 bits per heavy atom. The van der Waals surface area contributed by atoms with E-state index in [9.17, 15) is 9.59 Å². The summed E-state index contributed by atoms with van der Waals surface area (Å²) in [5, 5.41) is 4.49. The molecular weight excluding hydrogens is 481 g/mol. The van der Waals surface area contributed by atoms with Gasteiger partial charge in [-0.1, -0.05) is 34.8 Å². The number of hydrogen-bond acceptors (Lipinski definition) is 3. The van der Waals surface area contributed by atoms with Crippen LogP contribution in [-0.4, -0.2) is 54.3 Å². The summed E-state index contributed by atoms with van der Waals surface area (Å²) >= 11 is 18.6. The zero-order valence-electron chi connectivity index (χ0n) is 18.9. The van der Waals surface area contributed by atoms with Crippen LogP contribution in [-0.2, 0) is 16.1 Å². The van der Waals surface area contributed by atoms with E-state index in [1.54, 1.807) is 6.07 Å². The smallest absolute Gasteiger partial charge is 0.242 e. The van der Waals surface area contributed by atoms with Crippen LogP contribution >= 0.6 is 34.8 Å². The van der Waals surface area contributed by atoms with Crippen molar-refractivity contribution in [2.45, 2.75) is 51.5 Å². The minimum atomic E-state index is -0.00246. The van der Waals surface area contributed by atoms with Gasteiger partial charge in [-0.15, -0.1) is 0 Å². The predicted octanol–water partition coefficient (Wildman–Crippen LogP) is 5.01. The molecule has 0 atom stereocenters. The molecular formula is C25H32Cl3N3O2. The van der Waals surface area contributed by atoms with Crippen molar-refractivity contribution in [3.63, 3.8) is 0 Å². The molecule has 8 heteroatoms. The molecule has 1 aromatic rings. The second kappa shape index (κ2) is 9.56. The molecule has 4 saturated carbocycles. The van der Waals surface area contributed by atoms with Crippen molar-refractivity contribution in [2.24, 2.45) is 23.2 Å². The molecule has 0 unspecified atom stereocenters. The Morgan fingerprint density at radius 1 is 0.939 bits per heavy atom. The average molecular weight is 513 g/mol. The summed E-state index contributed by atoms with van der Waals surface area (Å²) in [6.07, 6.45) is 8.37. The van der Waals surface area contributed by atoms with Crippen molar-refractivity contribution in [3.8, 4) is 0 Å². The van der Waals surface area contributed by atoms with Crippen LogP contribution in [0.2, 0.25) is 15.1 Å². The maximum Gasteiger partial charge on any atom is 0.242 e. The van der Waals surface area contributed by atoms with Gasteiger partial charge in [-0.3, -0.25) is 14.5 Å². The summed E-state index contributed by atoms with van der Waals surface area (Å²) in [6.45, 7) is 3.50. The summed E-state index contributed by atoms with van der Waals surface area (Å²) < 4.78 is 0. The topological polar surface area (TPSA) is 52.7 Å². The fraction of sp³-hybridized carbons (Fsp3) is 0.680. The average Bonchev–Trinajstić information content (AvgIpc) is 2.74. The zero-order valence-corrected chi connectivity index (χ0v) is 21.2. The van der Waals surface area contributed by atoms with Crippen molar-refractivity contribution < 1.29 is 9.59 Å². The summed E-state index contributed by atoms with van der Waals surface area (Å²) in [5.74, 6) is 2.55. The molecule has 4 aliphatic carbocycles. The van der Waals surface area contributed by atoms with Crippen LogP contribution in [0, 0.1) is 23.2 Å². The molecule has 1 N–H and O–H groups in total. The van der Waals surface area contributed by atoms with Crippen LogP contribution in [0.4, 0.5) is 0 Å². The van der Waals surface area contributed by atoms with Crippen LogP contribution in [0.15, 0.2) is 12.1 Å². The number of nitrogens with one attached hydrogen (secondary N) is 1. The Labute approximate surface area is 211 Å². The number of rotatable bonds is 6. The number of halogens is 3. The van der Waals surface area contributed by atoms with Gasteiger partial charge >= 0.3 is 0 Å². The van der Waals surface area contributed by atoms with Gasteiger partial charge in [0, 0.05) is 44.2 Å². The van der Waals surface area contributed by atoms with Crippen LogP contribution in [0.3, 0.4) is 0 Å². The van der Waals surface area contributed by atoms with E-state index in [0.717, 1.165) is 36.4 Å². The lowest BCUT2D eigenvalue weighted by atomic mass is 9.49. The molecule has 5 aliphatic rings. The van der Waals surface area contributed by atoms with Crippen LogP contribution < -0.4 is 5.32 Å². The molecule has 4 bridgehead atoms. The lowest BCUT2D eigenvalue weighted by Gasteiger charge is -2.56. The van der Waals surface area contributed by atoms with Gasteiger partial charge in [0.15, 0.2) is 0 Å². The normalized spacial score (nSPS) is 31.1. The molecule has 5 fully saturated rings. The van der Waals surface area contributed by atoms with Gasteiger partial charge in [0.1, 0.15) is 0 Å². The number of piperazine rings is 1. The van der Waals surface area contributed by atoms with Crippen LogP contribution in [0.25, 0.3) is 0 Å². The second-order valence-corrected chi connectivity index (χ2v) is 12.1. The fourth-order valence-electron chi connectivity index (χ4n) is 7.32. The molecule has 6 rings (SSSR count). The Kier molecular flexibility index (Phi) is 6.87. The summed E-state index contributed by atoms with van der Waals surface area (Å²) in [4.78, 5) is 29.5. The Bertz CT molecular complexity index is 894. The molecule has 2 amide bonds. The first-order valence-corrected chi connectivity index (χ1v) is 13.3. The van der Waals surface area contributed by atoms with E-state index in [1.807, 2.05) is 11.0 Å². The van der Waals surface area contributed by atoms with Crippen molar-refractivity contribution >= 4 is 46.6 Å². The third kappa shape index (κ3) is 5.32. The SMILES string of the molecule is O=C(CC12CC3CC(CC(C3)C1)C2)NCC(=O)N1CCN(Cc2cc(Cl)cc(Cl)c2Cl)CC1. The second-order valence-electron chi connectivity index (χ2n) is 10.9. The fourth-order valence-corrected chi connectivity index (χ4v) is 8.02. The number of nitrogens with zero attached hydrogens (tertiary/aromatic N) is 2. The Hall–Kier alpha value is -1.01. The predicted molar refractivity (Wildman–Crippen MR) is 132 cm³/mol. The lowest BCUT2D eigenvalue weighted by Crippen LogP contribution is -2.51. The molecule has 33 heavy (non-hydrogen) atoms. The maximum atomic E-state index is 12.7. The first kappa shape index (κ1) is 23.7. The minimum absolute atomic E-state index is 0.00246. The van der Waals surface area contributed by atoms with Gasteiger partial charge in [-0.05, 0) is 79.4 Å². The minimum Gasteiger partial charge on any atom is -0.347 e. The van der Waals surface area contributed by atoms with E-state index in [-0.39, 0.29) is 23.8 Å². The molecule has 1 saturated heterocycles. The number of carbonyl (C=O) groups excluding carboxylic acids is 2. The molecule has 0 aromatic heterocycles. The third-order valence-electron chi connectivity index (χ3n) is 8.32.